The van der Waals surface area contributed by atoms with Gasteiger partial charge >= 0.3 is 5.91 Å². The quantitative estimate of drug-likeness (QED) is 0.210. The number of carbonyl (C=O) groups is 2. The van der Waals surface area contributed by atoms with Crippen molar-refractivity contribution in [2.24, 2.45) is 0 Å². The van der Waals surface area contributed by atoms with Crippen LogP contribution in [0.5, 0.6) is 0 Å². The summed E-state index contributed by atoms with van der Waals surface area (Å²) in [5.41, 5.74) is 4.72. The van der Waals surface area contributed by atoms with Gasteiger partial charge in [0.05, 0.1) is 15.8 Å². The molecule has 1 N–H and O–H groups in total. The number of halogens is 1. The van der Waals surface area contributed by atoms with Crippen LogP contribution in [0.25, 0.3) is 16.0 Å². The number of aliphatic hydroxyl groups is 1. The summed E-state index contributed by atoms with van der Waals surface area (Å²) in [5, 5.41) is 11.6. The molecule has 1 saturated heterocycles. The first-order chi connectivity index (χ1) is 16.7. The molecule has 7 heteroatoms. The van der Waals surface area contributed by atoms with Crippen LogP contribution in [0.2, 0.25) is 0 Å². The Morgan fingerprint density at radius 1 is 0.971 bits per heavy atom. The van der Waals surface area contributed by atoms with Gasteiger partial charge in [0, 0.05) is 11.1 Å². The molecule has 5 nitrogen and oxygen atoms in total. The Morgan fingerprint density at radius 3 is 2.46 bits per heavy atom. The minimum absolute atomic E-state index is 0.116. The first kappa shape index (κ1) is 22.9. The molecule has 0 spiro atoms. The van der Waals surface area contributed by atoms with Gasteiger partial charge in [-0.15, -0.1) is 0 Å². The highest BCUT2D eigenvalue weighted by Gasteiger charge is 2.49. The number of nitrogens with zero attached hydrogens (tertiary/aromatic N) is 2. The molecule has 0 aliphatic carbocycles. The lowest BCUT2D eigenvalue weighted by atomic mass is 9.93. The van der Waals surface area contributed by atoms with Crippen molar-refractivity contribution < 1.29 is 19.1 Å². The molecule has 5 rings (SSSR count). The van der Waals surface area contributed by atoms with E-state index in [9.17, 15) is 14.7 Å². The van der Waals surface area contributed by atoms with Crippen LogP contribution in [0.3, 0.4) is 0 Å². The number of anilines is 1. The molecule has 3 aromatic carbocycles. The van der Waals surface area contributed by atoms with E-state index in [4.69, 9.17) is 0 Å². The predicted molar refractivity (Wildman–Crippen MR) is 136 cm³/mol. The van der Waals surface area contributed by atoms with Gasteiger partial charge < -0.3 is 5.11 Å². The van der Waals surface area contributed by atoms with Crippen molar-refractivity contribution in [1.82, 2.24) is 4.98 Å². The molecule has 0 radical (unpaired) electrons. The van der Waals surface area contributed by atoms with Crippen molar-refractivity contribution in [2.45, 2.75) is 33.7 Å². The molecule has 0 bridgehead atoms. The number of Topliss-reactive ketones (excluding diaryl/α,β-unsaturated/α-hetero) is 1. The monoisotopic (exact) mass is 486 g/mol. The zero-order chi connectivity index (χ0) is 25.0. The third kappa shape index (κ3) is 3.72. The number of hydrogen-bond acceptors (Lipinski definition) is 5. The SMILES string of the molecule is Cc1ccc(C)c(/C(O)=C2\C(=O)C(=O)N(c3nc4c(C)cc(C)cc4s3)C2c2ccccc2F)c1. The second kappa shape index (κ2) is 8.43. The second-order valence-electron chi connectivity index (χ2n) is 8.93. The van der Waals surface area contributed by atoms with Gasteiger partial charge in [-0.3, -0.25) is 14.5 Å². The number of amides is 1. The fourth-order valence-electron chi connectivity index (χ4n) is 4.62. The topological polar surface area (TPSA) is 70.5 Å². The van der Waals surface area contributed by atoms with Gasteiger partial charge in [0.15, 0.2) is 5.13 Å². The lowest BCUT2D eigenvalue weighted by Gasteiger charge is -2.23. The van der Waals surface area contributed by atoms with Crippen molar-refractivity contribution in [2.75, 3.05) is 4.90 Å². The van der Waals surface area contributed by atoms with Gasteiger partial charge in [-0.05, 0) is 62.6 Å². The number of rotatable bonds is 3. The first-order valence-corrected chi connectivity index (χ1v) is 12.0. The lowest BCUT2D eigenvalue weighted by molar-refractivity contribution is -0.132. The number of aryl methyl sites for hydroxylation is 4. The standard InChI is InChI=1S/C28H23FN2O3S/c1-14-9-10-16(3)19(12-14)25(32)22-24(18-7-5-6-8-20(18)29)31(27(34)26(22)33)28-30-23-17(4)11-15(2)13-21(23)35-28/h5-13,24,32H,1-4H3/b25-22+. The molecule has 1 aliphatic heterocycles. The smallest absolute Gasteiger partial charge is 0.301 e. The normalized spacial score (nSPS) is 17.5. The highest BCUT2D eigenvalue weighted by Crippen LogP contribution is 2.45. The molecular formula is C28H23FN2O3S. The Balaban J connectivity index is 1.79. The Hall–Kier alpha value is -3.84. The molecule has 1 aliphatic rings. The Labute approximate surface area is 206 Å². The average Bonchev–Trinajstić information content (AvgIpc) is 3.34. The Kier molecular flexibility index (Phi) is 5.52. The fraction of sp³-hybridized carbons (Fsp3) is 0.179. The molecule has 1 fully saturated rings. The average molecular weight is 487 g/mol. The van der Waals surface area contributed by atoms with E-state index in [2.05, 4.69) is 4.98 Å². The van der Waals surface area contributed by atoms with Crippen LogP contribution in [0.1, 0.15) is 39.4 Å². The molecule has 0 saturated carbocycles. The van der Waals surface area contributed by atoms with Gasteiger partial charge in [0.1, 0.15) is 17.6 Å². The van der Waals surface area contributed by atoms with E-state index in [0.29, 0.717) is 5.56 Å². The minimum atomic E-state index is -1.15. The summed E-state index contributed by atoms with van der Waals surface area (Å²) in [4.78, 5) is 32.7. The first-order valence-electron chi connectivity index (χ1n) is 11.2. The van der Waals surface area contributed by atoms with Crippen LogP contribution >= 0.6 is 11.3 Å². The molecule has 4 aromatic rings. The maximum Gasteiger partial charge on any atom is 0.301 e. The summed E-state index contributed by atoms with van der Waals surface area (Å²) in [5.74, 6) is -2.62. The van der Waals surface area contributed by atoms with E-state index in [0.717, 1.165) is 32.5 Å². The molecule has 1 atom stereocenters. The van der Waals surface area contributed by atoms with E-state index >= 15 is 4.39 Å². The van der Waals surface area contributed by atoms with Crippen molar-refractivity contribution in [3.63, 3.8) is 0 Å². The van der Waals surface area contributed by atoms with Crippen LogP contribution in [-0.2, 0) is 9.59 Å². The van der Waals surface area contributed by atoms with E-state index in [-0.39, 0.29) is 22.0 Å². The van der Waals surface area contributed by atoms with E-state index in [1.165, 1.54) is 28.4 Å². The van der Waals surface area contributed by atoms with Gasteiger partial charge in [-0.25, -0.2) is 9.37 Å². The summed E-state index contributed by atoms with van der Waals surface area (Å²) in [7, 11) is 0. The van der Waals surface area contributed by atoms with Crippen LogP contribution in [0.4, 0.5) is 9.52 Å². The molecule has 1 amide bonds. The summed E-state index contributed by atoms with van der Waals surface area (Å²) >= 11 is 1.26. The Morgan fingerprint density at radius 2 is 1.71 bits per heavy atom. The minimum Gasteiger partial charge on any atom is -0.507 e. The molecule has 176 valence electrons. The van der Waals surface area contributed by atoms with Crippen LogP contribution in [0.15, 0.2) is 60.2 Å². The van der Waals surface area contributed by atoms with Crippen molar-refractivity contribution in [3.8, 4) is 0 Å². The third-order valence-electron chi connectivity index (χ3n) is 6.32. The van der Waals surface area contributed by atoms with Crippen molar-refractivity contribution in [3.05, 3.63) is 99.4 Å². The summed E-state index contributed by atoms with van der Waals surface area (Å²) in [6.07, 6.45) is 0. The second-order valence-corrected chi connectivity index (χ2v) is 9.94. The number of ketones is 1. The largest absolute Gasteiger partial charge is 0.507 e. The van der Waals surface area contributed by atoms with Crippen molar-refractivity contribution in [1.29, 1.82) is 0 Å². The van der Waals surface area contributed by atoms with E-state index in [1.807, 2.05) is 45.0 Å². The van der Waals surface area contributed by atoms with E-state index in [1.54, 1.807) is 25.1 Å². The zero-order valence-corrected chi connectivity index (χ0v) is 20.5. The van der Waals surface area contributed by atoms with Crippen LogP contribution in [0, 0.1) is 33.5 Å². The predicted octanol–water partition coefficient (Wildman–Crippen LogP) is 6.30. The lowest BCUT2D eigenvalue weighted by Crippen LogP contribution is -2.29. The number of fused-ring (bicyclic) bond motifs is 1. The van der Waals surface area contributed by atoms with Crippen LogP contribution in [-0.4, -0.2) is 21.8 Å². The molecule has 1 unspecified atom stereocenters. The molecule has 1 aromatic heterocycles. The number of hydrogen-bond donors (Lipinski definition) is 1. The Bertz CT molecular complexity index is 1570. The van der Waals surface area contributed by atoms with Crippen molar-refractivity contribution >= 4 is 44.1 Å². The number of carbonyl (C=O) groups excluding carboxylic acids is 2. The molecule has 35 heavy (non-hydrogen) atoms. The third-order valence-corrected chi connectivity index (χ3v) is 7.32. The number of benzene rings is 3. The molecular weight excluding hydrogens is 463 g/mol. The zero-order valence-electron chi connectivity index (χ0n) is 19.7. The maximum atomic E-state index is 15.1. The highest BCUT2D eigenvalue weighted by molar-refractivity contribution is 7.22. The number of thiazole rings is 1. The molecule has 2 heterocycles. The fourth-order valence-corrected chi connectivity index (χ4v) is 5.79. The highest BCUT2D eigenvalue weighted by atomic mass is 32.1. The van der Waals surface area contributed by atoms with Crippen LogP contribution < -0.4 is 4.90 Å². The maximum absolute atomic E-state index is 15.1. The summed E-state index contributed by atoms with van der Waals surface area (Å²) in [6.45, 7) is 7.58. The van der Waals surface area contributed by atoms with Gasteiger partial charge in [0.25, 0.3) is 5.78 Å². The summed E-state index contributed by atoms with van der Waals surface area (Å²) in [6, 6.07) is 14.3. The van der Waals surface area contributed by atoms with Gasteiger partial charge in [0.2, 0.25) is 0 Å². The van der Waals surface area contributed by atoms with Gasteiger partial charge in [-0.2, -0.15) is 0 Å². The number of aromatic nitrogens is 1. The summed E-state index contributed by atoms with van der Waals surface area (Å²) < 4.78 is 16.0. The van der Waals surface area contributed by atoms with Gasteiger partial charge in [-0.1, -0.05) is 53.3 Å². The number of aliphatic hydroxyl groups excluding tert-OH is 1. The van der Waals surface area contributed by atoms with E-state index < -0.39 is 23.5 Å².